The van der Waals surface area contributed by atoms with E-state index in [9.17, 15) is 4.79 Å². The van der Waals surface area contributed by atoms with Crippen LogP contribution in [0.5, 0.6) is 0 Å². The lowest BCUT2D eigenvalue weighted by atomic mass is 9.76. The second kappa shape index (κ2) is 6.83. The lowest BCUT2D eigenvalue weighted by Gasteiger charge is -2.30. The molecule has 0 aliphatic carbocycles. The molecule has 21 heavy (non-hydrogen) atoms. The third kappa shape index (κ3) is 3.31. The van der Waals surface area contributed by atoms with E-state index < -0.39 is 5.41 Å². The monoisotopic (exact) mass is 304 g/mol. The van der Waals surface area contributed by atoms with Gasteiger partial charge in [0, 0.05) is 18.3 Å². The summed E-state index contributed by atoms with van der Waals surface area (Å²) >= 11 is 1.51. The first-order valence-electron chi connectivity index (χ1n) is 6.94. The van der Waals surface area contributed by atoms with Gasteiger partial charge in [0.05, 0.1) is 17.8 Å². The minimum atomic E-state index is -0.879. The Kier molecular flexibility index (Phi) is 5.09. The molecule has 1 aromatic carbocycles. The second-order valence-electron chi connectivity index (χ2n) is 5.03. The van der Waals surface area contributed by atoms with Gasteiger partial charge >= 0.3 is 5.97 Å². The van der Waals surface area contributed by atoms with Crippen LogP contribution in [0.15, 0.2) is 35.2 Å². The number of esters is 1. The number of carbonyl (C=O) groups excluding carboxylic acids is 1. The molecule has 0 aliphatic heterocycles. The zero-order chi connectivity index (χ0) is 15.3. The number of hydrogen-bond acceptors (Lipinski definition) is 5. The number of aryl methyl sites for hydroxylation is 1. The van der Waals surface area contributed by atoms with Crippen LogP contribution in [0, 0.1) is 6.92 Å². The van der Waals surface area contributed by atoms with Crippen LogP contribution in [-0.2, 0) is 21.4 Å². The van der Waals surface area contributed by atoms with E-state index in [1.807, 2.05) is 36.6 Å². The van der Waals surface area contributed by atoms with Gasteiger partial charge in [0.15, 0.2) is 0 Å². The smallest absolute Gasteiger partial charge is 0.318 e. The van der Waals surface area contributed by atoms with E-state index in [-0.39, 0.29) is 12.5 Å². The first-order valence-corrected chi connectivity index (χ1v) is 7.88. The largest absolute Gasteiger partial charge is 0.465 e. The highest BCUT2D eigenvalue weighted by atomic mass is 32.1. The van der Waals surface area contributed by atoms with Crippen LogP contribution < -0.4 is 5.73 Å². The van der Waals surface area contributed by atoms with Crippen molar-refractivity contribution in [2.45, 2.75) is 25.7 Å². The number of nitrogens with zero attached hydrogens (tertiary/aromatic N) is 1. The molecule has 2 aromatic rings. The van der Waals surface area contributed by atoms with Gasteiger partial charge in [-0.15, -0.1) is 11.3 Å². The van der Waals surface area contributed by atoms with Gasteiger partial charge in [0.1, 0.15) is 5.41 Å². The maximum atomic E-state index is 12.6. The molecule has 0 aliphatic rings. The molecule has 1 atom stereocenters. The molecule has 2 rings (SSSR count). The highest BCUT2D eigenvalue weighted by Crippen LogP contribution is 2.30. The standard InChI is InChI=1S/C16H20N2O2S/c1-3-20-15(19)16(10-17,8-14-9-21-11-18-14)13-6-4-5-12(2)7-13/h4-7,9,11H,3,8,10,17H2,1-2H3. The van der Waals surface area contributed by atoms with Crippen molar-refractivity contribution in [2.24, 2.45) is 5.73 Å². The Hall–Kier alpha value is -1.72. The Morgan fingerprint density at radius 2 is 2.29 bits per heavy atom. The summed E-state index contributed by atoms with van der Waals surface area (Å²) in [7, 11) is 0. The number of thiazole rings is 1. The molecule has 2 N–H and O–H groups in total. The van der Waals surface area contributed by atoms with Gasteiger partial charge in [0.2, 0.25) is 0 Å². The molecule has 1 heterocycles. The minimum absolute atomic E-state index is 0.187. The van der Waals surface area contributed by atoms with Crippen molar-refractivity contribution in [3.8, 4) is 0 Å². The summed E-state index contributed by atoms with van der Waals surface area (Å²) in [4.78, 5) is 16.9. The van der Waals surface area contributed by atoms with Crippen molar-refractivity contribution in [1.29, 1.82) is 0 Å². The molecule has 0 amide bonds. The maximum absolute atomic E-state index is 12.6. The minimum Gasteiger partial charge on any atom is -0.465 e. The number of carbonyl (C=O) groups is 1. The summed E-state index contributed by atoms with van der Waals surface area (Å²) in [6.45, 7) is 4.33. The van der Waals surface area contributed by atoms with E-state index >= 15 is 0 Å². The zero-order valence-corrected chi connectivity index (χ0v) is 13.2. The highest BCUT2D eigenvalue weighted by molar-refractivity contribution is 7.07. The van der Waals surface area contributed by atoms with E-state index in [1.165, 1.54) is 11.3 Å². The van der Waals surface area contributed by atoms with Crippen molar-refractivity contribution in [2.75, 3.05) is 13.2 Å². The quantitative estimate of drug-likeness (QED) is 0.833. The van der Waals surface area contributed by atoms with Gasteiger partial charge in [-0.3, -0.25) is 4.79 Å². The molecule has 0 spiro atoms. The van der Waals surface area contributed by atoms with Gasteiger partial charge in [-0.25, -0.2) is 4.98 Å². The molecule has 112 valence electrons. The van der Waals surface area contributed by atoms with Crippen LogP contribution in [-0.4, -0.2) is 24.1 Å². The molecule has 1 unspecified atom stereocenters. The van der Waals surface area contributed by atoms with Crippen molar-refractivity contribution in [1.82, 2.24) is 4.98 Å². The Balaban J connectivity index is 2.47. The van der Waals surface area contributed by atoms with E-state index in [1.54, 1.807) is 12.4 Å². The zero-order valence-electron chi connectivity index (χ0n) is 12.3. The van der Waals surface area contributed by atoms with E-state index in [0.717, 1.165) is 16.8 Å². The van der Waals surface area contributed by atoms with Gasteiger partial charge in [-0.1, -0.05) is 29.8 Å². The molecule has 5 heteroatoms. The fourth-order valence-corrected chi connectivity index (χ4v) is 2.97. The van der Waals surface area contributed by atoms with Gasteiger partial charge < -0.3 is 10.5 Å². The average molecular weight is 304 g/mol. The predicted molar refractivity (Wildman–Crippen MR) is 84.4 cm³/mol. The van der Waals surface area contributed by atoms with Crippen LogP contribution in [0.25, 0.3) is 0 Å². The first kappa shape index (κ1) is 15.7. The molecule has 0 fully saturated rings. The third-order valence-corrected chi connectivity index (χ3v) is 4.19. The molecule has 0 radical (unpaired) electrons. The molecular formula is C16H20N2O2S. The normalized spacial score (nSPS) is 13.7. The number of rotatable bonds is 6. The van der Waals surface area contributed by atoms with E-state index in [4.69, 9.17) is 10.5 Å². The SMILES string of the molecule is CCOC(=O)C(CN)(Cc1cscn1)c1cccc(C)c1. The molecule has 0 saturated heterocycles. The highest BCUT2D eigenvalue weighted by Gasteiger charge is 2.41. The molecular weight excluding hydrogens is 284 g/mol. The predicted octanol–water partition coefficient (Wildman–Crippen LogP) is 2.45. The average Bonchev–Trinajstić information content (AvgIpc) is 2.98. The second-order valence-corrected chi connectivity index (χ2v) is 5.75. The first-order chi connectivity index (χ1) is 10.1. The van der Waals surface area contributed by atoms with Crippen molar-refractivity contribution in [3.63, 3.8) is 0 Å². The van der Waals surface area contributed by atoms with Crippen LogP contribution >= 0.6 is 11.3 Å². The topological polar surface area (TPSA) is 65.2 Å². The third-order valence-electron chi connectivity index (χ3n) is 3.55. The Labute approximate surface area is 129 Å². The van der Waals surface area contributed by atoms with Gasteiger partial charge in [0.25, 0.3) is 0 Å². The molecule has 0 bridgehead atoms. The van der Waals surface area contributed by atoms with Crippen LogP contribution in [0.3, 0.4) is 0 Å². The number of benzene rings is 1. The number of nitrogens with two attached hydrogens (primary N) is 1. The lowest BCUT2D eigenvalue weighted by Crippen LogP contribution is -2.46. The molecule has 4 nitrogen and oxygen atoms in total. The van der Waals surface area contributed by atoms with Crippen molar-refractivity contribution < 1.29 is 9.53 Å². The summed E-state index contributed by atoms with van der Waals surface area (Å²) in [6, 6.07) is 7.87. The number of hydrogen-bond donors (Lipinski definition) is 1. The Morgan fingerprint density at radius 3 is 2.86 bits per heavy atom. The van der Waals surface area contributed by atoms with Crippen LogP contribution in [0.2, 0.25) is 0 Å². The Bertz CT molecular complexity index is 598. The van der Waals surface area contributed by atoms with Crippen molar-refractivity contribution in [3.05, 3.63) is 52.0 Å². The van der Waals surface area contributed by atoms with Gasteiger partial charge in [-0.05, 0) is 19.4 Å². The summed E-state index contributed by atoms with van der Waals surface area (Å²) in [6.07, 6.45) is 0.454. The van der Waals surface area contributed by atoms with E-state index in [2.05, 4.69) is 4.98 Å². The van der Waals surface area contributed by atoms with Crippen LogP contribution in [0.1, 0.15) is 23.7 Å². The number of aromatic nitrogens is 1. The fourth-order valence-electron chi connectivity index (χ4n) is 2.41. The fraction of sp³-hybridized carbons (Fsp3) is 0.375. The molecule has 0 saturated carbocycles. The summed E-state index contributed by atoms with van der Waals surface area (Å²) < 4.78 is 5.30. The summed E-state index contributed by atoms with van der Waals surface area (Å²) in [5.41, 5.74) is 9.73. The van der Waals surface area contributed by atoms with Crippen molar-refractivity contribution >= 4 is 17.3 Å². The lowest BCUT2D eigenvalue weighted by molar-refractivity contribution is -0.149. The Morgan fingerprint density at radius 1 is 1.48 bits per heavy atom. The maximum Gasteiger partial charge on any atom is 0.318 e. The summed E-state index contributed by atoms with van der Waals surface area (Å²) in [5.74, 6) is -0.286. The van der Waals surface area contributed by atoms with Crippen LogP contribution in [0.4, 0.5) is 0 Å². The van der Waals surface area contributed by atoms with E-state index in [0.29, 0.717) is 13.0 Å². The molecule has 1 aromatic heterocycles. The summed E-state index contributed by atoms with van der Waals surface area (Å²) in [5, 5.41) is 1.94. The van der Waals surface area contributed by atoms with Gasteiger partial charge in [-0.2, -0.15) is 0 Å². The number of ether oxygens (including phenoxy) is 1.